The minimum absolute atomic E-state index is 0.121. The number of rotatable bonds is 2. The molecule has 0 bridgehead atoms. The molecule has 1 heterocycles. The number of benzene rings is 2. The highest BCUT2D eigenvalue weighted by atomic mass is 16.2. The summed E-state index contributed by atoms with van der Waals surface area (Å²) in [4.78, 5) is 17.6. The summed E-state index contributed by atoms with van der Waals surface area (Å²) in [7, 11) is 2.14. The molecule has 1 saturated carbocycles. The Hall–Kier alpha value is -2.29. The fraction of sp³-hybridized carbons (Fsp3) is 0.350. The third kappa shape index (κ3) is 2.40. The van der Waals surface area contributed by atoms with Crippen LogP contribution in [-0.4, -0.2) is 19.0 Å². The first kappa shape index (κ1) is 14.3. The van der Waals surface area contributed by atoms with E-state index in [1.54, 1.807) is 0 Å². The van der Waals surface area contributed by atoms with Crippen molar-refractivity contribution >= 4 is 17.3 Å². The standard InChI is InChI=1S/C20H22N2O/c1-21-17-13-7-10-16(17)20(23)22(14-15-8-3-2-4-9-15)19-12-6-5-11-18(19)21/h2-6,8-9,11-12,16-17H,7,10,13-14H2,1H3/t16-,17+/m0/s1. The maximum absolute atomic E-state index is 13.2. The first-order valence-electron chi connectivity index (χ1n) is 8.43. The third-order valence-corrected chi connectivity index (χ3v) is 5.30. The molecule has 2 aromatic rings. The van der Waals surface area contributed by atoms with Crippen molar-refractivity contribution in [2.75, 3.05) is 16.8 Å². The Morgan fingerprint density at radius 1 is 0.957 bits per heavy atom. The first-order chi connectivity index (χ1) is 11.3. The van der Waals surface area contributed by atoms with Crippen LogP contribution in [0.1, 0.15) is 24.8 Å². The van der Waals surface area contributed by atoms with E-state index in [1.807, 2.05) is 29.2 Å². The van der Waals surface area contributed by atoms with Crippen molar-refractivity contribution in [1.29, 1.82) is 0 Å². The summed E-state index contributed by atoms with van der Waals surface area (Å²) in [6.07, 6.45) is 3.26. The van der Waals surface area contributed by atoms with E-state index < -0.39 is 0 Å². The van der Waals surface area contributed by atoms with Gasteiger partial charge >= 0.3 is 0 Å². The molecular weight excluding hydrogens is 284 g/mol. The SMILES string of the molecule is CN1c2ccccc2N(Cc2ccccc2)C(=O)[C@H]2CCC[C@H]21. The van der Waals surface area contributed by atoms with E-state index in [0.29, 0.717) is 12.6 Å². The quantitative estimate of drug-likeness (QED) is 0.841. The smallest absolute Gasteiger partial charge is 0.232 e. The van der Waals surface area contributed by atoms with E-state index in [-0.39, 0.29) is 11.8 Å². The molecule has 1 aliphatic heterocycles. The molecule has 2 aromatic carbocycles. The van der Waals surface area contributed by atoms with Gasteiger partial charge in [0.25, 0.3) is 0 Å². The molecule has 1 aliphatic carbocycles. The van der Waals surface area contributed by atoms with Gasteiger partial charge in [-0.25, -0.2) is 0 Å². The summed E-state index contributed by atoms with van der Waals surface area (Å²) in [6, 6.07) is 18.9. The predicted molar refractivity (Wildman–Crippen MR) is 93.6 cm³/mol. The van der Waals surface area contributed by atoms with Crippen LogP contribution in [0, 0.1) is 5.92 Å². The summed E-state index contributed by atoms with van der Waals surface area (Å²) in [6.45, 7) is 0.647. The van der Waals surface area contributed by atoms with Crippen molar-refractivity contribution in [3.8, 4) is 0 Å². The summed E-state index contributed by atoms with van der Waals surface area (Å²) >= 11 is 0. The number of carbonyl (C=O) groups is 1. The van der Waals surface area contributed by atoms with E-state index in [2.05, 4.69) is 42.3 Å². The van der Waals surface area contributed by atoms with Gasteiger partial charge in [-0.05, 0) is 30.5 Å². The largest absolute Gasteiger partial charge is 0.369 e. The Labute approximate surface area is 137 Å². The Morgan fingerprint density at radius 3 is 2.43 bits per heavy atom. The van der Waals surface area contributed by atoms with Crippen molar-refractivity contribution in [2.45, 2.75) is 31.8 Å². The summed E-state index contributed by atoms with van der Waals surface area (Å²) < 4.78 is 0. The molecular formula is C20H22N2O. The van der Waals surface area contributed by atoms with Crippen LogP contribution in [0.25, 0.3) is 0 Å². The fourth-order valence-corrected chi connectivity index (χ4v) is 4.11. The zero-order valence-corrected chi connectivity index (χ0v) is 13.5. The number of nitrogens with zero attached hydrogens (tertiary/aromatic N) is 2. The molecule has 3 nitrogen and oxygen atoms in total. The summed E-state index contributed by atoms with van der Waals surface area (Å²) in [5, 5.41) is 0. The van der Waals surface area contributed by atoms with Gasteiger partial charge in [0, 0.05) is 13.1 Å². The van der Waals surface area contributed by atoms with Crippen molar-refractivity contribution in [2.24, 2.45) is 5.92 Å². The lowest BCUT2D eigenvalue weighted by Crippen LogP contribution is -2.40. The molecule has 0 saturated heterocycles. The van der Waals surface area contributed by atoms with Crippen LogP contribution in [0.3, 0.4) is 0 Å². The van der Waals surface area contributed by atoms with Crippen molar-refractivity contribution in [3.05, 3.63) is 60.2 Å². The molecule has 1 fully saturated rings. The number of fused-ring (bicyclic) bond motifs is 2. The molecule has 23 heavy (non-hydrogen) atoms. The molecule has 0 radical (unpaired) electrons. The van der Waals surface area contributed by atoms with E-state index in [4.69, 9.17) is 0 Å². The van der Waals surface area contributed by atoms with Crippen molar-refractivity contribution in [1.82, 2.24) is 0 Å². The van der Waals surface area contributed by atoms with Crippen LogP contribution >= 0.6 is 0 Å². The average Bonchev–Trinajstić information content (AvgIpc) is 3.06. The number of carbonyl (C=O) groups excluding carboxylic acids is 1. The molecule has 4 rings (SSSR count). The highest BCUT2D eigenvalue weighted by molar-refractivity contribution is 6.00. The molecule has 2 aliphatic rings. The van der Waals surface area contributed by atoms with Crippen molar-refractivity contribution in [3.63, 3.8) is 0 Å². The third-order valence-electron chi connectivity index (χ3n) is 5.30. The molecule has 0 unspecified atom stereocenters. The highest BCUT2D eigenvalue weighted by Crippen LogP contribution is 2.42. The second-order valence-corrected chi connectivity index (χ2v) is 6.61. The summed E-state index contributed by atoms with van der Waals surface area (Å²) in [5.41, 5.74) is 3.39. The Bertz CT molecular complexity index is 713. The van der Waals surface area contributed by atoms with Crippen LogP contribution in [-0.2, 0) is 11.3 Å². The fourth-order valence-electron chi connectivity index (χ4n) is 4.11. The lowest BCUT2D eigenvalue weighted by Gasteiger charge is -2.28. The number of amides is 1. The number of anilines is 2. The van der Waals surface area contributed by atoms with Gasteiger partial charge in [0.2, 0.25) is 5.91 Å². The van der Waals surface area contributed by atoms with Crippen LogP contribution in [0.2, 0.25) is 0 Å². The predicted octanol–water partition coefficient (Wildman–Crippen LogP) is 3.84. The van der Waals surface area contributed by atoms with Gasteiger partial charge in [0.1, 0.15) is 0 Å². The number of para-hydroxylation sites is 2. The molecule has 1 amide bonds. The van der Waals surface area contributed by atoms with Gasteiger partial charge in [-0.2, -0.15) is 0 Å². The van der Waals surface area contributed by atoms with Crippen LogP contribution in [0.4, 0.5) is 11.4 Å². The summed E-state index contributed by atoms with van der Waals surface area (Å²) in [5.74, 6) is 0.407. The van der Waals surface area contributed by atoms with Gasteiger partial charge in [-0.15, -0.1) is 0 Å². The molecule has 0 spiro atoms. The number of hydrogen-bond donors (Lipinski definition) is 0. The molecule has 3 heteroatoms. The Balaban J connectivity index is 1.79. The zero-order valence-electron chi connectivity index (χ0n) is 13.5. The maximum Gasteiger partial charge on any atom is 0.232 e. The lowest BCUT2D eigenvalue weighted by molar-refractivity contribution is -0.122. The molecule has 0 aromatic heterocycles. The molecule has 118 valence electrons. The van der Waals surface area contributed by atoms with Crippen LogP contribution in [0.15, 0.2) is 54.6 Å². The topological polar surface area (TPSA) is 23.6 Å². The average molecular weight is 306 g/mol. The van der Waals surface area contributed by atoms with Crippen LogP contribution < -0.4 is 9.80 Å². The van der Waals surface area contributed by atoms with E-state index in [9.17, 15) is 4.79 Å². The monoisotopic (exact) mass is 306 g/mol. The second kappa shape index (κ2) is 5.73. The van der Waals surface area contributed by atoms with Gasteiger partial charge in [0.15, 0.2) is 0 Å². The maximum atomic E-state index is 13.2. The molecule has 2 atom stereocenters. The minimum atomic E-state index is 0.121. The van der Waals surface area contributed by atoms with Crippen molar-refractivity contribution < 1.29 is 4.79 Å². The first-order valence-corrected chi connectivity index (χ1v) is 8.43. The van der Waals surface area contributed by atoms with Crippen LogP contribution in [0.5, 0.6) is 0 Å². The normalized spacial score (nSPS) is 23.4. The minimum Gasteiger partial charge on any atom is -0.369 e. The van der Waals surface area contributed by atoms with Gasteiger partial charge in [-0.3, -0.25) is 4.79 Å². The van der Waals surface area contributed by atoms with Gasteiger partial charge in [-0.1, -0.05) is 48.9 Å². The van der Waals surface area contributed by atoms with Gasteiger partial charge in [0.05, 0.1) is 23.8 Å². The van der Waals surface area contributed by atoms with E-state index in [1.165, 1.54) is 11.3 Å². The van der Waals surface area contributed by atoms with Gasteiger partial charge < -0.3 is 9.80 Å². The van der Waals surface area contributed by atoms with E-state index in [0.717, 1.165) is 24.9 Å². The number of hydrogen-bond acceptors (Lipinski definition) is 2. The molecule has 0 N–H and O–H groups in total. The highest BCUT2D eigenvalue weighted by Gasteiger charge is 2.42. The Morgan fingerprint density at radius 2 is 1.65 bits per heavy atom. The zero-order chi connectivity index (χ0) is 15.8. The lowest BCUT2D eigenvalue weighted by atomic mass is 10.0. The Kier molecular flexibility index (Phi) is 3.56. The van der Waals surface area contributed by atoms with E-state index >= 15 is 0 Å². The second-order valence-electron chi connectivity index (χ2n) is 6.61.